The van der Waals surface area contributed by atoms with Crippen molar-refractivity contribution in [1.82, 2.24) is 9.97 Å². The largest absolute Gasteiger partial charge is 0.395 e. The summed E-state index contributed by atoms with van der Waals surface area (Å²) in [7, 11) is 0. The summed E-state index contributed by atoms with van der Waals surface area (Å²) in [6, 6.07) is 2.72. The van der Waals surface area contributed by atoms with Crippen LogP contribution in [0, 0.1) is 11.8 Å². The van der Waals surface area contributed by atoms with E-state index in [2.05, 4.69) is 27.1 Å². The van der Waals surface area contributed by atoms with Crippen LogP contribution in [0.25, 0.3) is 0 Å². The molecular formula is C13H11N3O3S. The van der Waals surface area contributed by atoms with Gasteiger partial charge in [-0.15, -0.1) is 0 Å². The minimum atomic E-state index is -0.402. The topological polar surface area (TPSA) is 95.1 Å². The van der Waals surface area contributed by atoms with E-state index in [9.17, 15) is 9.59 Å². The average Bonchev–Trinajstić information content (AvgIpc) is 2.86. The van der Waals surface area contributed by atoms with Crippen LogP contribution < -0.4 is 10.9 Å². The van der Waals surface area contributed by atoms with Crippen LogP contribution >= 0.6 is 11.3 Å². The van der Waals surface area contributed by atoms with Gasteiger partial charge in [-0.2, -0.15) is 0 Å². The highest BCUT2D eigenvalue weighted by Gasteiger charge is 2.08. The number of nitrogens with one attached hydrogen (secondary N) is 2. The van der Waals surface area contributed by atoms with Gasteiger partial charge in [0.25, 0.3) is 5.91 Å². The number of carbonyl (C=O) groups is 1. The van der Waals surface area contributed by atoms with E-state index < -0.39 is 5.91 Å². The normalized spacial score (nSPS) is 9.65. The number of aromatic nitrogens is 2. The van der Waals surface area contributed by atoms with Crippen LogP contribution in [0.4, 0.5) is 5.13 Å². The number of amides is 1. The van der Waals surface area contributed by atoms with Crippen LogP contribution in [-0.4, -0.2) is 27.6 Å². The van der Waals surface area contributed by atoms with Gasteiger partial charge in [0.1, 0.15) is 0 Å². The second-order valence-electron chi connectivity index (χ2n) is 3.70. The molecule has 0 saturated heterocycles. The molecule has 0 bridgehead atoms. The Morgan fingerprint density at radius 1 is 1.55 bits per heavy atom. The van der Waals surface area contributed by atoms with Gasteiger partial charge in [-0.1, -0.05) is 23.2 Å². The Labute approximate surface area is 118 Å². The van der Waals surface area contributed by atoms with Crippen LogP contribution in [0.2, 0.25) is 0 Å². The lowest BCUT2D eigenvalue weighted by atomic mass is 10.2. The second-order valence-corrected chi connectivity index (χ2v) is 4.73. The fourth-order valence-electron chi connectivity index (χ4n) is 1.35. The van der Waals surface area contributed by atoms with Crippen molar-refractivity contribution in [2.24, 2.45) is 0 Å². The van der Waals surface area contributed by atoms with E-state index in [0.29, 0.717) is 16.4 Å². The van der Waals surface area contributed by atoms with Crippen molar-refractivity contribution in [3.05, 3.63) is 45.3 Å². The van der Waals surface area contributed by atoms with Crippen molar-refractivity contribution in [3.8, 4) is 11.8 Å². The summed E-state index contributed by atoms with van der Waals surface area (Å²) in [4.78, 5) is 30.1. The maximum atomic E-state index is 11.9. The monoisotopic (exact) mass is 289 g/mol. The van der Waals surface area contributed by atoms with Gasteiger partial charge in [0.05, 0.1) is 17.7 Å². The first kappa shape index (κ1) is 14.0. The molecule has 3 N–H and O–H groups in total. The van der Waals surface area contributed by atoms with E-state index in [-0.39, 0.29) is 17.7 Å². The van der Waals surface area contributed by atoms with Crippen LogP contribution in [0.15, 0.2) is 29.3 Å². The number of aliphatic hydroxyl groups is 1. The van der Waals surface area contributed by atoms with Crippen molar-refractivity contribution in [1.29, 1.82) is 0 Å². The highest BCUT2D eigenvalue weighted by atomic mass is 32.1. The molecule has 0 spiro atoms. The number of aromatic amines is 1. The molecule has 1 amide bonds. The van der Waals surface area contributed by atoms with E-state index >= 15 is 0 Å². The first-order valence-corrected chi connectivity index (χ1v) is 6.56. The maximum Gasteiger partial charge on any atom is 0.257 e. The number of anilines is 1. The first-order valence-electron chi connectivity index (χ1n) is 5.74. The van der Waals surface area contributed by atoms with Gasteiger partial charge in [-0.05, 0) is 6.07 Å². The number of carbonyl (C=O) groups excluding carboxylic acids is 1. The van der Waals surface area contributed by atoms with Crippen LogP contribution in [0.3, 0.4) is 0 Å². The van der Waals surface area contributed by atoms with Crippen molar-refractivity contribution in [2.75, 3.05) is 11.9 Å². The highest BCUT2D eigenvalue weighted by Crippen LogP contribution is 2.17. The zero-order chi connectivity index (χ0) is 14.4. The van der Waals surface area contributed by atoms with Crippen molar-refractivity contribution >= 4 is 22.4 Å². The predicted octanol–water partition coefficient (Wildman–Crippen LogP) is 0.818. The molecule has 0 atom stereocenters. The third kappa shape index (κ3) is 3.78. The lowest BCUT2D eigenvalue weighted by Gasteiger charge is -1.99. The van der Waals surface area contributed by atoms with Crippen LogP contribution in [0.1, 0.15) is 21.7 Å². The molecule has 20 heavy (non-hydrogen) atoms. The third-order valence-electron chi connectivity index (χ3n) is 2.21. The smallest absolute Gasteiger partial charge is 0.257 e. The third-order valence-corrected chi connectivity index (χ3v) is 3.04. The molecule has 0 unspecified atom stereocenters. The second kappa shape index (κ2) is 6.65. The molecule has 102 valence electrons. The molecule has 0 aliphatic rings. The van der Waals surface area contributed by atoms with E-state index in [1.54, 1.807) is 6.20 Å². The van der Waals surface area contributed by atoms with E-state index in [1.165, 1.54) is 29.7 Å². The minimum Gasteiger partial charge on any atom is -0.395 e. The van der Waals surface area contributed by atoms with Gasteiger partial charge >= 0.3 is 0 Å². The Bertz CT molecular complexity index is 724. The van der Waals surface area contributed by atoms with Crippen molar-refractivity contribution < 1.29 is 9.90 Å². The number of aliphatic hydroxyl groups excluding tert-OH is 1. The number of pyridine rings is 1. The fraction of sp³-hybridized carbons (Fsp3) is 0.154. The molecule has 2 aromatic rings. The lowest BCUT2D eigenvalue weighted by Crippen LogP contribution is -2.15. The molecule has 2 aromatic heterocycles. The first-order chi connectivity index (χ1) is 9.69. The van der Waals surface area contributed by atoms with Gasteiger partial charge in [-0.25, -0.2) is 4.98 Å². The van der Waals surface area contributed by atoms with Crippen molar-refractivity contribution in [3.63, 3.8) is 0 Å². The summed E-state index contributed by atoms with van der Waals surface area (Å²) >= 11 is 1.23. The number of H-pyrrole nitrogens is 1. The fourth-order valence-corrected chi connectivity index (χ4v) is 2.04. The summed E-state index contributed by atoms with van der Waals surface area (Å²) in [5, 5.41) is 11.6. The van der Waals surface area contributed by atoms with E-state index in [4.69, 9.17) is 5.11 Å². The summed E-state index contributed by atoms with van der Waals surface area (Å²) in [5.74, 6) is 5.19. The van der Waals surface area contributed by atoms with Gasteiger partial charge in [0, 0.05) is 24.2 Å². The van der Waals surface area contributed by atoms with Gasteiger partial charge < -0.3 is 10.1 Å². The van der Waals surface area contributed by atoms with Crippen LogP contribution in [-0.2, 0) is 0 Å². The molecule has 0 fully saturated rings. The number of rotatable bonds is 3. The zero-order valence-corrected chi connectivity index (χ0v) is 11.2. The Hall–Kier alpha value is -2.43. The molecule has 0 saturated carbocycles. The molecule has 7 heteroatoms. The Morgan fingerprint density at radius 2 is 2.40 bits per heavy atom. The predicted molar refractivity (Wildman–Crippen MR) is 75.7 cm³/mol. The molecule has 0 aromatic carbocycles. The average molecular weight is 289 g/mol. The Balaban J connectivity index is 2.06. The molecule has 0 radical (unpaired) electrons. The number of thiazole rings is 1. The molecule has 0 aliphatic heterocycles. The molecule has 6 nitrogen and oxygen atoms in total. The number of nitrogens with zero attached hydrogens (tertiary/aromatic N) is 1. The summed E-state index contributed by atoms with van der Waals surface area (Å²) in [5.41, 5.74) is -0.0794. The minimum absolute atomic E-state index is 0.0119. The maximum absolute atomic E-state index is 11.9. The standard InChI is InChI=1S/C13H11N3O3S/c17-6-2-1-3-10-8-15-13(20-10)16-12(19)9-4-5-14-11(18)7-9/h4-5,7-8,17H,2,6H2,(H,14,18)(H,15,16,19). The summed E-state index contributed by atoms with van der Waals surface area (Å²) < 4.78 is 0. The van der Waals surface area contributed by atoms with Crippen molar-refractivity contribution in [2.45, 2.75) is 6.42 Å². The molecule has 0 aliphatic carbocycles. The molecular weight excluding hydrogens is 278 g/mol. The van der Waals surface area contributed by atoms with Gasteiger partial charge in [0.15, 0.2) is 5.13 Å². The van der Waals surface area contributed by atoms with Gasteiger partial charge in [0.2, 0.25) is 5.56 Å². The number of hydrogen-bond donors (Lipinski definition) is 3. The number of hydrogen-bond acceptors (Lipinski definition) is 5. The van der Waals surface area contributed by atoms with Crippen LogP contribution in [0.5, 0.6) is 0 Å². The highest BCUT2D eigenvalue weighted by molar-refractivity contribution is 7.16. The zero-order valence-electron chi connectivity index (χ0n) is 10.3. The Kier molecular flexibility index (Phi) is 4.65. The SMILES string of the molecule is O=C(Nc1ncc(C#CCCO)s1)c1cc[nH]c(=O)c1. The van der Waals surface area contributed by atoms with E-state index in [1.807, 2.05) is 0 Å². The van der Waals surface area contributed by atoms with E-state index in [0.717, 1.165) is 0 Å². The lowest BCUT2D eigenvalue weighted by molar-refractivity contribution is 0.102. The molecule has 2 heterocycles. The Morgan fingerprint density at radius 3 is 3.15 bits per heavy atom. The molecule has 2 rings (SSSR count). The van der Waals surface area contributed by atoms with Gasteiger partial charge in [-0.3, -0.25) is 14.9 Å². The summed E-state index contributed by atoms with van der Waals surface area (Å²) in [6.07, 6.45) is 3.35. The summed E-state index contributed by atoms with van der Waals surface area (Å²) in [6.45, 7) is 0.0119. The quantitative estimate of drug-likeness (QED) is 0.729.